The predicted octanol–water partition coefficient (Wildman–Crippen LogP) is 5.36. The summed E-state index contributed by atoms with van der Waals surface area (Å²) < 4.78 is 76.4. The molecule has 0 saturated carbocycles. The van der Waals surface area contributed by atoms with Crippen molar-refractivity contribution in [1.82, 2.24) is 4.98 Å². The molecule has 0 bridgehead atoms. The molecule has 4 aromatic rings. The van der Waals surface area contributed by atoms with Crippen LogP contribution in [0.5, 0.6) is 5.75 Å². The van der Waals surface area contributed by atoms with E-state index in [0.29, 0.717) is 27.7 Å². The number of pyridine rings is 1. The number of sulfonamides is 1. The number of furan rings is 1. The van der Waals surface area contributed by atoms with Gasteiger partial charge in [-0.05, 0) is 58.0 Å². The molecule has 12 heteroatoms. The van der Waals surface area contributed by atoms with Gasteiger partial charge in [-0.15, -0.1) is 0 Å². The van der Waals surface area contributed by atoms with Crippen molar-refractivity contribution in [2.24, 2.45) is 0 Å². The summed E-state index contributed by atoms with van der Waals surface area (Å²) >= 11 is 2.05. The van der Waals surface area contributed by atoms with E-state index in [0.717, 1.165) is 3.57 Å². The van der Waals surface area contributed by atoms with E-state index in [1.165, 1.54) is 48.7 Å². The maximum atomic E-state index is 13.2. The first-order valence-electron chi connectivity index (χ1n) is 9.28. The van der Waals surface area contributed by atoms with E-state index in [2.05, 4.69) is 27.6 Å². The number of aromatic nitrogens is 1. The number of fused-ring (bicyclic) bond motifs is 1. The molecule has 2 heterocycles. The fraction of sp³-hybridized carbons (Fsp3) is 0.0952. The van der Waals surface area contributed by atoms with Crippen LogP contribution in [0.1, 0.15) is 5.56 Å². The van der Waals surface area contributed by atoms with E-state index < -0.39 is 21.6 Å². The van der Waals surface area contributed by atoms with E-state index in [1.807, 2.05) is 4.72 Å². The molecule has 2 aromatic heterocycles. The third kappa shape index (κ3) is 4.85. The lowest BCUT2D eigenvalue weighted by Gasteiger charge is -2.15. The van der Waals surface area contributed by atoms with Crippen LogP contribution in [-0.4, -0.2) is 19.2 Å². The molecule has 0 aliphatic rings. The molecule has 0 aliphatic heterocycles. The zero-order valence-corrected chi connectivity index (χ0v) is 19.5. The highest BCUT2D eigenvalue weighted by Gasteiger charge is 2.25. The number of nitrogen functional groups attached to an aromatic ring is 1. The Labute approximate surface area is 199 Å². The largest absolute Gasteiger partial charge is 0.487 e. The van der Waals surface area contributed by atoms with Gasteiger partial charge in [0.25, 0.3) is 10.0 Å². The third-order valence-corrected chi connectivity index (χ3v) is 6.41. The summed E-state index contributed by atoms with van der Waals surface area (Å²) in [5.41, 5.74) is 8.03. The van der Waals surface area contributed by atoms with E-state index in [4.69, 9.17) is 14.9 Å². The molecule has 172 valence electrons. The SMILES string of the molecule is Nc1ncc(I)c2occ(-c3ccc(NS(=O)(=O)C(F)F)c(OCc4ccc(F)cc4)c3)c12. The van der Waals surface area contributed by atoms with Crippen molar-refractivity contribution in [3.8, 4) is 16.9 Å². The molecular weight excluding hydrogens is 574 g/mol. The first kappa shape index (κ1) is 23.2. The molecule has 0 atom stereocenters. The van der Waals surface area contributed by atoms with Crippen molar-refractivity contribution < 1.29 is 30.7 Å². The summed E-state index contributed by atoms with van der Waals surface area (Å²) in [4.78, 5) is 4.13. The van der Waals surface area contributed by atoms with Crippen LogP contribution in [0, 0.1) is 9.39 Å². The van der Waals surface area contributed by atoms with Gasteiger partial charge in [0.05, 0.1) is 20.9 Å². The molecule has 7 nitrogen and oxygen atoms in total. The highest BCUT2D eigenvalue weighted by Crippen LogP contribution is 2.39. The maximum Gasteiger partial charge on any atom is 0.355 e. The molecule has 0 unspecified atom stereocenters. The second-order valence-corrected chi connectivity index (χ2v) is 9.69. The monoisotopic (exact) mass is 589 g/mol. The van der Waals surface area contributed by atoms with Crippen LogP contribution in [0.3, 0.4) is 0 Å². The molecular formula is C21H15F3IN3O4S. The van der Waals surface area contributed by atoms with Gasteiger partial charge in [-0.25, -0.2) is 17.8 Å². The van der Waals surface area contributed by atoms with Crippen molar-refractivity contribution in [1.29, 1.82) is 0 Å². The highest BCUT2D eigenvalue weighted by molar-refractivity contribution is 14.1. The van der Waals surface area contributed by atoms with Crippen molar-refractivity contribution >= 4 is 55.1 Å². The van der Waals surface area contributed by atoms with Gasteiger partial charge in [0, 0.05) is 11.8 Å². The summed E-state index contributed by atoms with van der Waals surface area (Å²) in [6.07, 6.45) is 3.03. The third-order valence-electron chi connectivity index (χ3n) is 4.67. The molecule has 0 spiro atoms. The summed E-state index contributed by atoms with van der Waals surface area (Å²) in [6, 6.07) is 9.73. The van der Waals surface area contributed by atoms with Crippen LogP contribution in [-0.2, 0) is 16.6 Å². The van der Waals surface area contributed by atoms with Crippen molar-refractivity contribution in [2.45, 2.75) is 12.4 Å². The van der Waals surface area contributed by atoms with Gasteiger partial charge in [0.1, 0.15) is 24.0 Å². The molecule has 33 heavy (non-hydrogen) atoms. The lowest BCUT2D eigenvalue weighted by molar-refractivity contribution is 0.236. The van der Waals surface area contributed by atoms with Gasteiger partial charge in [-0.1, -0.05) is 18.2 Å². The Bertz CT molecular complexity index is 1430. The Morgan fingerprint density at radius 3 is 2.61 bits per heavy atom. The Morgan fingerprint density at radius 1 is 1.18 bits per heavy atom. The first-order chi connectivity index (χ1) is 15.7. The minimum Gasteiger partial charge on any atom is -0.487 e. The molecule has 3 N–H and O–H groups in total. The zero-order chi connectivity index (χ0) is 23.8. The number of benzene rings is 2. The Hall–Kier alpha value is -3.00. The fourth-order valence-corrected chi connectivity index (χ4v) is 4.18. The number of nitrogens with zero attached hydrogens (tertiary/aromatic N) is 1. The number of nitrogens with one attached hydrogen (secondary N) is 1. The van der Waals surface area contributed by atoms with E-state index in [-0.39, 0.29) is 23.9 Å². The quantitative estimate of drug-likeness (QED) is 0.281. The van der Waals surface area contributed by atoms with E-state index in [9.17, 15) is 21.6 Å². The van der Waals surface area contributed by atoms with Crippen molar-refractivity contribution in [3.63, 3.8) is 0 Å². The normalized spacial score (nSPS) is 11.8. The summed E-state index contributed by atoms with van der Waals surface area (Å²) in [6.45, 7) is -0.0686. The van der Waals surface area contributed by atoms with Gasteiger partial charge in [-0.3, -0.25) is 4.72 Å². The minimum absolute atomic E-state index is 0.0208. The molecule has 2 aromatic carbocycles. The summed E-state index contributed by atoms with van der Waals surface area (Å²) in [7, 11) is -4.94. The number of halogens is 4. The molecule has 0 saturated heterocycles. The lowest BCUT2D eigenvalue weighted by Crippen LogP contribution is -2.21. The van der Waals surface area contributed by atoms with Crippen molar-refractivity contribution in [3.05, 3.63) is 69.9 Å². The average Bonchev–Trinajstić information content (AvgIpc) is 3.23. The second kappa shape index (κ2) is 9.09. The van der Waals surface area contributed by atoms with Crippen LogP contribution in [0.4, 0.5) is 24.7 Å². The van der Waals surface area contributed by atoms with Gasteiger partial charge in [0.2, 0.25) is 0 Å². The summed E-state index contributed by atoms with van der Waals surface area (Å²) in [5.74, 6) is -3.86. The highest BCUT2D eigenvalue weighted by atomic mass is 127. The molecule has 0 amide bonds. The number of nitrogens with two attached hydrogens (primary N) is 1. The number of anilines is 2. The van der Waals surface area contributed by atoms with Crippen LogP contribution in [0.2, 0.25) is 0 Å². The zero-order valence-electron chi connectivity index (χ0n) is 16.6. The van der Waals surface area contributed by atoms with Gasteiger partial charge >= 0.3 is 5.76 Å². The molecule has 0 fully saturated rings. The van der Waals surface area contributed by atoms with Crippen LogP contribution >= 0.6 is 22.6 Å². The number of hydrogen-bond acceptors (Lipinski definition) is 6. The standard InChI is InChI=1S/C21H15F3IN3O4S/c22-13-4-1-11(2-5-13)9-31-17-7-12(3-6-16(17)28-33(29,30)21(23)24)14-10-32-19-15(25)8-27-20(26)18(14)19/h1-8,10,21,28H,9H2,(H2,26,27). The second-order valence-electron chi connectivity index (χ2n) is 6.88. The average molecular weight is 589 g/mol. The minimum atomic E-state index is -4.94. The van der Waals surface area contributed by atoms with Gasteiger partial charge in [-0.2, -0.15) is 8.78 Å². The number of alkyl halides is 2. The lowest BCUT2D eigenvalue weighted by atomic mass is 10.0. The predicted molar refractivity (Wildman–Crippen MR) is 126 cm³/mol. The smallest absolute Gasteiger partial charge is 0.355 e. The number of ether oxygens (including phenoxy) is 1. The Balaban J connectivity index is 1.76. The van der Waals surface area contributed by atoms with Gasteiger partial charge in [0.15, 0.2) is 5.58 Å². The van der Waals surface area contributed by atoms with Crippen LogP contribution in [0.15, 0.2) is 59.3 Å². The fourth-order valence-electron chi connectivity index (χ4n) is 3.08. The maximum absolute atomic E-state index is 13.2. The van der Waals surface area contributed by atoms with Crippen LogP contribution in [0.25, 0.3) is 22.1 Å². The topological polar surface area (TPSA) is 107 Å². The summed E-state index contributed by atoms with van der Waals surface area (Å²) in [5, 5.41) is 0.548. The number of rotatable bonds is 7. The number of hydrogen-bond donors (Lipinski definition) is 2. The van der Waals surface area contributed by atoms with Crippen LogP contribution < -0.4 is 15.2 Å². The van der Waals surface area contributed by atoms with E-state index in [1.54, 1.807) is 6.20 Å². The molecule has 0 aliphatic carbocycles. The Kier molecular flexibility index (Phi) is 6.38. The van der Waals surface area contributed by atoms with Gasteiger partial charge < -0.3 is 14.9 Å². The first-order valence-corrected chi connectivity index (χ1v) is 11.9. The molecule has 0 radical (unpaired) electrons. The Morgan fingerprint density at radius 2 is 1.91 bits per heavy atom. The van der Waals surface area contributed by atoms with Crippen molar-refractivity contribution in [2.75, 3.05) is 10.5 Å². The molecule has 4 rings (SSSR count). The van der Waals surface area contributed by atoms with E-state index >= 15 is 0 Å².